The second-order valence-electron chi connectivity index (χ2n) is 3.37. The van der Waals surface area contributed by atoms with Crippen LogP contribution in [0.1, 0.15) is 31.1 Å². The van der Waals surface area contributed by atoms with Crippen LogP contribution in [0.4, 0.5) is 0 Å². The summed E-state index contributed by atoms with van der Waals surface area (Å²) in [4.78, 5) is 15.6. The summed E-state index contributed by atoms with van der Waals surface area (Å²) < 4.78 is 10.3. The van der Waals surface area contributed by atoms with Crippen LogP contribution in [0.5, 0.6) is 5.88 Å². The van der Waals surface area contributed by atoms with Crippen molar-refractivity contribution >= 4 is 17.6 Å². The van der Waals surface area contributed by atoms with E-state index in [9.17, 15) is 4.79 Å². The van der Waals surface area contributed by atoms with E-state index in [-0.39, 0.29) is 17.1 Å². The van der Waals surface area contributed by atoms with Crippen molar-refractivity contribution in [3.63, 3.8) is 0 Å². The zero-order valence-electron chi connectivity index (χ0n) is 9.49. The van der Waals surface area contributed by atoms with E-state index in [0.29, 0.717) is 12.2 Å². The van der Waals surface area contributed by atoms with Crippen molar-refractivity contribution in [3.8, 4) is 5.88 Å². The van der Waals surface area contributed by atoms with Gasteiger partial charge in [-0.05, 0) is 32.9 Å². The van der Waals surface area contributed by atoms with Gasteiger partial charge in [-0.3, -0.25) is 0 Å². The number of hydrogen-bond donors (Lipinski definition) is 0. The summed E-state index contributed by atoms with van der Waals surface area (Å²) in [5.41, 5.74) is 0.292. The number of carbonyl (C=O) groups excluding carboxylic acids is 1. The first-order valence-corrected chi connectivity index (χ1v) is 5.42. The van der Waals surface area contributed by atoms with Crippen LogP contribution < -0.4 is 4.74 Å². The predicted octanol–water partition coefficient (Wildman–Crippen LogP) is 2.70. The summed E-state index contributed by atoms with van der Waals surface area (Å²) in [6.45, 7) is 5.78. The first-order chi connectivity index (χ1) is 7.54. The van der Waals surface area contributed by atoms with Gasteiger partial charge in [0.25, 0.3) is 0 Å². The second-order valence-corrected chi connectivity index (χ2v) is 3.76. The van der Waals surface area contributed by atoms with Crippen molar-refractivity contribution in [2.75, 3.05) is 6.61 Å². The van der Waals surface area contributed by atoms with E-state index in [1.54, 1.807) is 26.8 Å². The maximum atomic E-state index is 11.7. The normalized spacial score (nSPS) is 10.3. The largest absolute Gasteiger partial charge is 0.477 e. The Hall–Kier alpha value is -1.29. The van der Waals surface area contributed by atoms with Crippen molar-refractivity contribution in [2.45, 2.75) is 26.9 Å². The smallest absolute Gasteiger partial charge is 0.343 e. The van der Waals surface area contributed by atoms with Crippen molar-refractivity contribution in [1.29, 1.82) is 0 Å². The molecule has 1 rings (SSSR count). The average Bonchev–Trinajstić information content (AvgIpc) is 2.17. The van der Waals surface area contributed by atoms with Gasteiger partial charge >= 0.3 is 5.97 Å². The van der Waals surface area contributed by atoms with Crippen LogP contribution in [-0.2, 0) is 4.74 Å². The number of halogens is 1. The van der Waals surface area contributed by atoms with Crippen LogP contribution in [0.15, 0.2) is 12.1 Å². The lowest BCUT2D eigenvalue weighted by Crippen LogP contribution is -2.13. The van der Waals surface area contributed by atoms with Crippen LogP contribution in [0.25, 0.3) is 0 Å². The van der Waals surface area contributed by atoms with E-state index < -0.39 is 5.97 Å². The van der Waals surface area contributed by atoms with Crippen molar-refractivity contribution in [3.05, 3.63) is 22.8 Å². The number of pyridine rings is 1. The second kappa shape index (κ2) is 5.70. The van der Waals surface area contributed by atoms with Crippen molar-refractivity contribution in [1.82, 2.24) is 4.98 Å². The molecule has 0 aromatic carbocycles. The molecule has 0 amide bonds. The molecule has 4 nitrogen and oxygen atoms in total. The van der Waals surface area contributed by atoms with Crippen LogP contribution in [0.3, 0.4) is 0 Å². The van der Waals surface area contributed by atoms with Crippen molar-refractivity contribution < 1.29 is 14.3 Å². The van der Waals surface area contributed by atoms with E-state index in [0.717, 1.165) is 0 Å². The van der Waals surface area contributed by atoms with Crippen molar-refractivity contribution in [2.24, 2.45) is 0 Å². The molecule has 0 unspecified atom stereocenters. The molecule has 0 bridgehead atoms. The summed E-state index contributed by atoms with van der Waals surface area (Å²) in [6, 6.07) is 3.08. The molecule has 0 aliphatic rings. The summed E-state index contributed by atoms with van der Waals surface area (Å²) in [6.07, 6.45) is -0.183. The summed E-state index contributed by atoms with van der Waals surface area (Å²) in [5.74, 6) is -0.247. The van der Waals surface area contributed by atoms with Gasteiger partial charge in [-0.1, -0.05) is 11.6 Å². The fourth-order valence-corrected chi connectivity index (χ4v) is 1.24. The lowest BCUT2D eigenvalue weighted by molar-refractivity contribution is 0.0372. The quantitative estimate of drug-likeness (QED) is 0.603. The molecule has 0 saturated heterocycles. The zero-order chi connectivity index (χ0) is 12.1. The van der Waals surface area contributed by atoms with E-state index >= 15 is 0 Å². The SMILES string of the molecule is CCOc1nc(Cl)ccc1C(=O)OC(C)C. The Balaban J connectivity index is 2.97. The third kappa shape index (κ3) is 3.38. The molecule has 1 heterocycles. The number of ether oxygens (including phenoxy) is 2. The third-order valence-electron chi connectivity index (χ3n) is 1.67. The third-order valence-corrected chi connectivity index (χ3v) is 1.88. The first kappa shape index (κ1) is 12.8. The molecular formula is C11H14ClNO3. The van der Waals surface area contributed by atoms with Gasteiger partial charge in [0.15, 0.2) is 0 Å². The van der Waals surface area contributed by atoms with Gasteiger partial charge in [0, 0.05) is 0 Å². The Kier molecular flexibility index (Phi) is 4.55. The highest BCUT2D eigenvalue weighted by molar-refractivity contribution is 6.29. The zero-order valence-corrected chi connectivity index (χ0v) is 10.2. The number of hydrogen-bond acceptors (Lipinski definition) is 4. The van der Waals surface area contributed by atoms with Gasteiger partial charge in [-0.2, -0.15) is 0 Å². The maximum Gasteiger partial charge on any atom is 0.343 e. The Labute approximate surface area is 99.5 Å². The molecule has 0 saturated carbocycles. The molecule has 0 N–H and O–H groups in total. The summed E-state index contributed by atoms with van der Waals surface area (Å²) in [7, 11) is 0. The van der Waals surface area contributed by atoms with Gasteiger partial charge in [0.05, 0.1) is 12.7 Å². The van der Waals surface area contributed by atoms with Crippen LogP contribution >= 0.6 is 11.6 Å². The van der Waals surface area contributed by atoms with Crippen LogP contribution in [0.2, 0.25) is 5.15 Å². The molecule has 1 aromatic heterocycles. The minimum atomic E-state index is -0.456. The van der Waals surface area contributed by atoms with E-state index in [2.05, 4.69) is 4.98 Å². The Morgan fingerprint density at radius 1 is 1.50 bits per heavy atom. The Bertz CT molecular complexity index is 379. The van der Waals surface area contributed by atoms with Gasteiger partial charge in [0.1, 0.15) is 10.7 Å². The maximum absolute atomic E-state index is 11.7. The molecule has 0 aliphatic carbocycles. The molecule has 16 heavy (non-hydrogen) atoms. The number of nitrogens with zero attached hydrogens (tertiary/aromatic N) is 1. The first-order valence-electron chi connectivity index (χ1n) is 5.05. The van der Waals surface area contributed by atoms with Gasteiger partial charge in [-0.25, -0.2) is 9.78 Å². The Morgan fingerprint density at radius 3 is 2.75 bits per heavy atom. The lowest BCUT2D eigenvalue weighted by Gasteiger charge is -2.11. The number of carbonyl (C=O) groups is 1. The molecule has 1 aromatic rings. The minimum absolute atomic E-state index is 0.183. The topological polar surface area (TPSA) is 48.4 Å². The number of rotatable bonds is 4. The molecule has 5 heteroatoms. The summed E-state index contributed by atoms with van der Waals surface area (Å²) >= 11 is 5.72. The molecular weight excluding hydrogens is 230 g/mol. The van der Waals surface area contributed by atoms with Gasteiger partial charge in [-0.15, -0.1) is 0 Å². The van der Waals surface area contributed by atoms with E-state index in [1.807, 2.05) is 0 Å². The van der Waals surface area contributed by atoms with E-state index in [4.69, 9.17) is 21.1 Å². The molecule has 0 aliphatic heterocycles. The lowest BCUT2D eigenvalue weighted by atomic mass is 10.2. The summed E-state index contributed by atoms with van der Waals surface area (Å²) in [5, 5.41) is 0.282. The van der Waals surface area contributed by atoms with Crippen LogP contribution in [0, 0.1) is 0 Å². The average molecular weight is 244 g/mol. The fourth-order valence-electron chi connectivity index (χ4n) is 1.10. The number of aromatic nitrogens is 1. The highest BCUT2D eigenvalue weighted by atomic mass is 35.5. The standard InChI is InChI=1S/C11H14ClNO3/c1-4-15-10-8(5-6-9(12)13-10)11(14)16-7(2)3/h5-7H,4H2,1-3H3. The minimum Gasteiger partial charge on any atom is -0.477 e. The number of esters is 1. The predicted molar refractivity (Wildman–Crippen MR) is 61.0 cm³/mol. The molecule has 0 atom stereocenters. The van der Waals surface area contributed by atoms with Crippen LogP contribution in [-0.4, -0.2) is 23.7 Å². The highest BCUT2D eigenvalue weighted by Crippen LogP contribution is 2.20. The monoisotopic (exact) mass is 243 g/mol. The fraction of sp³-hybridized carbons (Fsp3) is 0.455. The van der Waals surface area contributed by atoms with E-state index in [1.165, 1.54) is 6.07 Å². The molecule has 88 valence electrons. The molecule has 0 fully saturated rings. The molecule has 0 spiro atoms. The molecule has 0 radical (unpaired) electrons. The van der Waals surface area contributed by atoms with Gasteiger partial charge < -0.3 is 9.47 Å². The highest BCUT2D eigenvalue weighted by Gasteiger charge is 2.16. The Morgan fingerprint density at radius 2 is 2.19 bits per heavy atom. The van der Waals surface area contributed by atoms with Gasteiger partial charge in [0.2, 0.25) is 5.88 Å².